The van der Waals surface area contributed by atoms with Crippen LogP contribution in [0.25, 0.3) is 0 Å². The minimum Gasteiger partial charge on any atom is -0.397 e. The van der Waals surface area contributed by atoms with Crippen molar-refractivity contribution in [1.82, 2.24) is 10.5 Å². The van der Waals surface area contributed by atoms with Crippen molar-refractivity contribution in [3.63, 3.8) is 0 Å². The number of hydrogen-bond acceptors (Lipinski definition) is 4. The molecule has 4 heteroatoms. The van der Waals surface area contributed by atoms with Crippen LogP contribution >= 0.6 is 0 Å². The minimum atomic E-state index is 0.759. The molecule has 1 aliphatic heterocycles. The van der Waals surface area contributed by atoms with Crippen LogP contribution in [0.1, 0.15) is 0 Å². The van der Waals surface area contributed by atoms with Gasteiger partial charge in [0.25, 0.3) is 0 Å². The van der Waals surface area contributed by atoms with Gasteiger partial charge in [-0.3, -0.25) is 10.0 Å². The fourth-order valence-corrected chi connectivity index (χ4v) is 1.24. The normalized spacial score (nSPS) is 15.5. The Balaban J connectivity index is 2.27. The lowest BCUT2D eigenvalue weighted by molar-refractivity contribution is 0.359. The first-order valence-corrected chi connectivity index (χ1v) is 4.08. The zero-order chi connectivity index (χ0) is 9.26. The maximum atomic E-state index is 5.81. The Morgan fingerprint density at radius 2 is 2.00 bits per heavy atom. The predicted molar refractivity (Wildman–Crippen MR) is 53.4 cm³/mol. The van der Waals surface area contributed by atoms with Crippen LogP contribution in [-0.2, 0) is 0 Å². The van der Waals surface area contributed by atoms with Crippen molar-refractivity contribution in [2.45, 2.75) is 0 Å². The van der Waals surface area contributed by atoms with Gasteiger partial charge in [0, 0.05) is 19.4 Å². The van der Waals surface area contributed by atoms with Crippen molar-refractivity contribution in [3.05, 3.63) is 36.7 Å². The Kier molecular flexibility index (Phi) is 1.83. The summed E-state index contributed by atoms with van der Waals surface area (Å²) in [4.78, 5) is 0. The standard InChI is InChI=1S/C9H12N4/c1-12-6-7-13(11-12)9-5-3-2-4-8(9)10/h2-7,11H,10H2,1H3. The summed E-state index contributed by atoms with van der Waals surface area (Å²) in [5, 5.41) is 3.72. The summed E-state index contributed by atoms with van der Waals surface area (Å²) in [6.45, 7) is 0. The molecule has 0 aliphatic carbocycles. The number of rotatable bonds is 1. The molecule has 0 aromatic heterocycles. The topological polar surface area (TPSA) is 44.5 Å². The summed E-state index contributed by atoms with van der Waals surface area (Å²) in [6.07, 6.45) is 3.85. The van der Waals surface area contributed by atoms with E-state index in [2.05, 4.69) is 5.53 Å². The highest BCUT2D eigenvalue weighted by Crippen LogP contribution is 2.22. The molecule has 2 rings (SSSR count). The average molecular weight is 176 g/mol. The van der Waals surface area contributed by atoms with Gasteiger partial charge in [-0.15, -0.1) is 5.53 Å². The Labute approximate surface area is 77.2 Å². The van der Waals surface area contributed by atoms with Gasteiger partial charge in [0.1, 0.15) is 0 Å². The summed E-state index contributed by atoms with van der Waals surface area (Å²) in [5.41, 5.74) is 10.6. The summed E-state index contributed by atoms with van der Waals surface area (Å²) in [6, 6.07) is 7.72. The SMILES string of the molecule is CN1C=CN(c2ccccc2N)N1. The van der Waals surface area contributed by atoms with Crippen LogP contribution < -0.4 is 16.3 Å². The fraction of sp³-hybridized carbons (Fsp3) is 0.111. The molecule has 0 spiro atoms. The number of nitrogens with one attached hydrogen (secondary N) is 1. The largest absolute Gasteiger partial charge is 0.397 e. The van der Waals surface area contributed by atoms with Gasteiger partial charge < -0.3 is 5.73 Å². The van der Waals surface area contributed by atoms with Crippen LogP contribution in [0.4, 0.5) is 11.4 Å². The molecular formula is C9H12N4. The lowest BCUT2D eigenvalue weighted by Crippen LogP contribution is -2.37. The number of para-hydroxylation sites is 2. The van der Waals surface area contributed by atoms with E-state index < -0.39 is 0 Å². The monoisotopic (exact) mass is 176 g/mol. The zero-order valence-electron chi connectivity index (χ0n) is 7.44. The van der Waals surface area contributed by atoms with E-state index in [1.54, 1.807) is 0 Å². The molecule has 68 valence electrons. The lowest BCUT2D eigenvalue weighted by atomic mass is 10.3. The average Bonchev–Trinajstić information content (AvgIpc) is 2.53. The second-order valence-corrected chi connectivity index (χ2v) is 2.94. The summed E-state index contributed by atoms with van der Waals surface area (Å²) < 4.78 is 0. The van der Waals surface area contributed by atoms with Gasteiger partial charge in [0.05, 0.1) is 11.4 Å². The van der Waals surface area contributed by atoms with Crippen molar-refractivity contribution in [1.29, 1.82) is 0 Å². The van der Waals surface area contributed by atoms with Crippen molar-refractivity contribution in [3.8, 4) is 0 Å². The zero-order valence-corrected chi connectivity index (χ0v) is 7.44. The van der Waals surface area contributed by atoms with E-state index in [-0.39, 0.29) is 0 Å². The van der Waals surface area contributed by atoms with E-state index in [0.717, 1.165) is 11.4 Å². The van der Waals surface area contributed by atoms with Crippen LogP contribution in [0, 0.1) is 0 Å². The molecule has 0 unspecified atom stereocenters. The quantitative estimate of drug-likeness (QED) is 0.624. The number of nitrogens with zero attached hydrogens (tertiary/aromatic N) is 2. The number of nitrogen functional groups attached to an aromatic ring is 1. The van der Waals surface area contributed by atoms with Gasteiger partial charge in [0.2, 0.25) is 0 Å². The van der Waals surface area contributed by atoms with Gasteiger partial charge in [-0.2, -0.15) is 0 Å². The number of hydrogen-bond donors (Lipinski definition) is 2. The molecule has 1 aromatic rings. The molecule has 0 amide bonds. The second kappa shape index (κ2) is 2.99. The molecular weight excluding hydrogens is 164 g/mol. The van der Waals surface area contributed by atoms with E-state index in [4.69, 9.17) is 5.73 Å². The number of benzene rings is 1. The highest BCUT2D eigenvalue weighted by Gasteiger charge is 2.11. The molecule has 0 saturated heterocycles. The fourth-order valence-electron chi connectivity index (χ4n) is 1.24. The number of nitrogens with two attached hydrogens (primary N) is 1. The highest BCUT2D eigenvalue weighted by molar-refractivity contribution is 5.68. The Morgan fingerprint density at radius 3 is 2.62 bits per heavy atom. The third-order valence-electron chi connectivity index (χ3n) is 1.90. The third-order valence-corrected chi connectivity index (χ3v) is 1.90. The molecule has 0 fully saturated rings. The lowest BCUT2D eigenvalue weighted by Gasteiger charge is -2.20. The summed E-state index contributed by atoms with van der Waals surface area (Å²) in [5.74, 6) is 0. The van der Waals surface area contributed by atoms with Gasteiger partial charge in [-0.1, -0.05) is 12.1 Å². The smallest absolute Gasteiger partial charge is 0.0818 e. The third kappa shape index (κ3) is 1.43. The first-order chi connectivity index (χ1) is 6.27. The highest BCUT2D eigenvalue weighted by atomic mass is 15.8. The first-order valence-electron chi connectivity index (χ1n) is 4.08. The van der Waals surface area contributed by atoms with Gasteiger partial charge in [0.15, 0.2) is 0 Å². The Hall–Kier alpha value is -1.68. The first kappa shape index (κ1) is 7.94. The molecule has 1 heterocycles. The van der Waals surface area contributed by atoms with Crippen LogP contribution in [0.5, 0.6) is 0 Å². The van der Waals surface area contributed by atoms with E-state index in [1.165, 1.54) is 0 Å². The van der Waals surface area contributed by atoms with Crippen molar-refractivity contribution in [2.75, 3.05) is 17.8 Å². The molecule has 4 nitrogen and oxygen atoms in total. The number of hydrazine groups is 2. The van der Waals surface area contributed by atoms with Gasteiger partial charge in [-0.25, -0.2) is 0 Å². The maximum absolute atomic E-state index is 5.81. The maximum Gasteiger partial charge on any atom is 0.0818 e. The Bertz CT molecular complexity index is 334. The van der Waals surface area contributed by atoms with Gasteiger partial charge >= 0.3 is 0 Å². The van der Waals surface area contributed by atoms with E-state index in [9.17, 15) is 0 Å². The van der Waals surface area contributed by atoms with Crippen molar-refractivity contribution in [2.24, 2.45) is 0 Å². The molecule has 1 aromatic carbocycles. The van der Waals surface area contributed by atoms with Crippen molar-refractivity contribution < 1.29 is 0 Å². The molecule has 0 radical (unpaired) electrons. The molecule has 13 heavy (non-hydrogen) atoms. The molecule has 3 N–H and O–H groups in total. The van der Waals surface area contributed by atoms with Crippen LogP contribution in [0.15, 0.2) is 36.7 Å². The molecule has 1 aliphatic rings. The second-order valence-electron chi connectivity index (χ2n) is 2.94. The van der Waals surface area contributed by atoms with Crippen LogP contribution in [-0.4, -0.2) is 12.1 Å². The van der Waals surface area contributed by atoms with E-state index >= 15 is 0 Å². The minimum absolute atomic E-state index is 0.759. The molecule has 0 saturated carbocycles. The number of anilines is 2. The molecule has 0 bridgehead atoms. The summed E-state index contributed by atoms with van der Waals surface area (Å²) >= 11 is 0. The Morgan fingerprint density at radius 1 is 1.23 bits per heavy atom. The van der Waals surface area contributed by atoms with E-state index in [1.807, 2.05) is 53.7 Å². The van der Waals surface area contributed by atoms with E-state index in [0.29, 0.717) is 0 Å². The summed E-state index contributed by atoms with van der Waals surface area (Å²) in [7, 11) is 1.93. The van der Waals surface area contributed by atoms with Crippen LogP contribution in [0.3, 0.4) is 0 Å². The predicted octanol–water partition coefficient (Wildman–Crippen LogP) is 0.911. The van der Waals surface area contributed by atoms with Crippen molar-refractivity contribution >= 4 is 11.4 Å². The molecule has 0 atom stereocenters. The van der Waals surface area contributed by atoms with Crippen LogP contribution in [0.2, 0.25) is 0 Å². The van der Waals surface area contributed by atoms with Gasteiger partial charge in [-0.05, 0) is 12.1 Å².